The Kier molecular flexibility index (Phi) is 5.67. The average Bonchev–Trinajstić information content (AvgIpc) is 3.41. The third-order valence-corrected chi connectivity index (χ3v) is 9.74. The van der Waals surface area contributed by atoms with Crippen LogP contribution >= 0.6 is 31.8 Å². The van der Waals surface area contributed by atoms with Gasteiger partial charge in [0.1, 0.15) is 41.0 Å². The van der Waals surface area contributed by atoms with Gasteiger partial charge in [-0.3, -0.25) is 28.1 Å². The van der Waals surface area contributed by atoms with Gasteiger partial charge in [0.25, 0.3) is 0 Å². The van der Waals surface area contributed by atoms with Crippen molar-refractivity contribution in [3.63, 3.8) is 0 Å². The number of phosphoric ester groups is 1. The molecule has 15 heteroatoms. The number of thiocarbonyl (C=S) groups is 1. The van der Waals surface area contributed by atoms with Gasteiger partial charge in [0.05, 0.1) is 18.6 Å². The first-order valence-electron chi connectivity index (χ1n) is 10.7. The lowest BCUT2D eigenvalue weighted by Crippen LogP contribution is -2.63. The number of aliphatic hydroxyl groups is 1. The van der Waals surface area contributed by atoms with E-state index >= 15 is 0 Å². The van der Waals surface area contributed by atoms with Gasteiger partial charge in [-0.25, -0.2) is 4.57 Å². The number of fused-ring (bicyclic) bond motifs is 6. The highest BCUT2D eigenvalue weighted by atomic mass is 32.2. The lowest BCUT2D eigenvalue weighted by molar-refractivity contribution is -0.143. The molecule has 2 aliphatic carbocycles. The molecule has 4 saturated heterocycles. The summed E-state index contributed by atoms with van der Waals surface area (Å²) in [6.45, 7) is 0.305. The number of allylic oxidation sites excluding steroid dienone is 1. The molecule has 12 nitrogen and oxygen atoms in total. The number of carbonyl (C=O) groups excluding carboxylic acids is 2. The van der Waals surface area contributed by atoms with Crippen molar-refractivity contribution in [1.29, 1.82) is 0 Å². The molecule has 4 fully saturated rings. The normalized spacial score (nSPS) is 43.8. The minimum absolute atomic E-state index is 0.0642. The first kappa shape index (κ1) is 23.1. The van der Waals surface area contributed by atoms with Crippen LogP contribution in [0, 0.1) is 11.8 Å². The maximum absolute atomic E-state index is 13.3. The second-order valence-corrected chi connectivity index (χ2v) is 12.0. The summed E-state index contributed by atoms with van der Waals surface area (Å²) < 4.78 is 41.4. The van der Waals surface area contributed by atoms with E-state index in [2.05, 4.69) is 5.32 Å². The number of aliphatic hydroxyl groups excluding tert-OH is 1. The first-order valence-corrected chi connectivity index (χ1v) is 13.5. The molecule has 0 saturated carbocycles. The predicted octanol–water partition coefficient (Wildman–Crippen LogP) is -0.0957. The summed E-state index contributed by atoms with van der Waals surface area (Å²) in [4.78, 5) is 29.5. The minimum Gasteiger partial charge on any atom is -0.469 e. The molecule has 184 valence electrons. The van der Waals surface area contributed by atoms with Crippen molar-refractivity contribution in [3.05, 3.63) is 23.5 Å². The maximum Gasteiger partial charge on any atom is 0.477 e. The Bertz CT molecular complexity index is 1070. The van der Waals surface area contributed by atoms with Crippen LogP contribution < -0.4 is 5.32 Å². The number of phosphoric acid groups is 1. The Morgan fingerprint density at radius 2 is 2.12 bits per heavy atom. The smallest absolute Gasteiger partial charge is 0.469 e. The SMILES string of the molecule is CN1CSC(=S)N(COP2(=O)O[C@@H]3[C@H](O2)[C@@H](O)C=C2C4C=C5OCOC5C(=O)C4C(=O)N[C@H]23)C1. The number of nitrogens with one attached hydrogen (secondary N) is 1. The number of ketones is 1. The van der Waals surface area contributed by atoms with Gasteiger partial charge in [0, 0.05) is 5.92 Å². The summed E-state index contributed by atoms with van der Waals surface area (Å²) in [6, 6.07) is -0.761. The molecule has 1 amide bonds. The van der Waals surface area contributed by atoms with Crippen LogP contribution in [0.25, 0.3) is 0 Å². The second kappa shape index (κ2) is 8.36. The Hall–Kier alpha value is -1.35. The van der Waals surface area contributed by atoms with Gasteiger partial charge in [0.2, 0.25) is 5.91 Å². The van der Waals surface area contributed by atoms with Crippen LogP contribution in [-0.2, 0) is 37.2 Å². The Balaban J connectivity index is 1.23. The summed E-state index contributed by atoms with van der Waals surface area (Å²) in [5, 5.41) is 13.6. The highest BCUT2D eigenvalue weighted by molar-refractivity contribution is 8.22. The van der Waals surface area contributed by atoms with E-state index in [0.29, 0.717) is 22.3 Å². The minimum atomic E-state index is -4.08. The number of hydrogen-bond donors (Lipinski definition) is 2. The van der Waals surface area contributed by atoms with E-state index in [4.69, 9.17) is 35.3 Å². The highest BCUT2D eigenvalue weighted by Gasteiger charge is 2.60. The fraction of sp³-hybridized carbons (Fsp3) is 0.632. The molecule has 0 spiro atoms. The number of nitrogens with zero attached hydrogens (tertiary/aromatic N) is 2. The third-order valence-electron chi connectivity index (χ3n) is 6.62. The van der Waals surface area contributed by atoms with Crippen LogP contribution in [0.2, 0.25) is 0 Å². The number of hydrogen-bond acceptors (Lipinski definition) is 12. The van der Waals surface area contributed by atoms with Crippen molar-refractivity contribution in [2.24, 2.45) is 11.8 Å². The van der Waals surface area contributed by atoms with Crippen LogP contribution in [0.15, 0.2) is 23.5 Å². The van der Waals surface area contributed by atoms with Gasteiger partial charge >= 0.3 is 7.82 Å². The molecule has 8 atom stereocenters. The van der Waals surface area contributed by atoms with Gasteiger partial charge in [0.15, 0.2) is 18.7 Å². The van der Waals surface area contributed by atoms with Crippen LogP contribution in [-0.4, -0.2) is 94.5 Å². The summed E-state index contributed by atoms with van der Waals surface area (Å²) >= 11 is 6.78. The van der Waals surface area contributed by atoms with Gasteiger partial charge in [-0.05, 0) is 18.7 Å². The molecule has 34 heavy (non-hydrogen) atoms. The largest absolute Gasteiger partial charge is 0.477 e. The van der Waals surface area contributed by atoms with E-state index in [1.807, 2.05) is 11.9 Å². The Morgan fingerprint density at radius 1 is 1.32 bits per heavy atom. The zero-order chi connectivity index (χ0) is 23.8. The molecule has 0 aromatic carbocycles. The number of ether oxygens (including phenoxy) is 2. The molecular formula is C19H22N3O9PS2. The molecule has 2 N–H and O–H groups in total. The zero-order valence-electron chi connectivity index (χ0n) is 17.9. The number of Topliss-reactive ketones (excluding diaryl/α,β-unsaturated/α-hetero) is 1. The van der Waals surface area contributed by atoms with E-state index in [1.165, 1.54) is 17.8 Å². The summed E-state index contributed by atoms with van der Waals surface area (Å²) in [6.07, 6.45) is -0.866. The molecule has 6 aliphatic rings. The van der Waals surface area contributed by atoms with E-state index in [1.54, 1.807) is 11.0 Å². The fourth-order valence-electron chi connectivity index (χ4n) is 5.08. The fourth-order valence-corrected chi connectivity index (χ4v) is 7.59. The van der Waals surface area contributed by atoms with Crippen molar-refractivity contribution in [1.82, 2.24) is 15.1 Å². The molecule has 4 aliphatic heterocycles. The molecule has 0 aromatic heterocycles. The topological polar surface area (TPSA) is 136 Å². The summed E-state index contributed by atoms with van der Waals surface area (Å²) in [5.74, 6) is -1.45. The van der Waals surface area contributed by atoms with Gasteiger partial charge in [-0.1, -0.05) is 30.1 Å². The second-order valence-electron chi connectivity index (χ2n) is 8.85. The standard InChI is InChI=1S/C19H22N3O9PS2/c1-21-4-22(19(33)34-6-21)5-29-32(26)30-15-10(23)2-9-8-3-11-16(28-7-27-11)14(24)12(8)18(25)20-13(9)17(15)31-32/h2-3,8,10,12-13,15-17,23H,4-7H2,1H3,(H,20,25)/t8?,10-,12?,13+,15+,16?,17-,32?/m0/s1. The van der Waals surface area contributed by atoms with Crippen LogP contribution in [0.1, 0.15) is 0 Å². The monoisotopic (exact) mass is 531 g/mol. The van der Waals surface area contributed by atoms with Crippen molar-refractivity contribution < 1.29 is 42.3 Å². The van der Waals surface area contributed by atoms with Crippen molar-refractivity contribution >= 4 is 47.8 Å². The van der Waals surface area contributed by atoms with Gasteiger partial charge in [-0.2, -0.15) is 0 Å². The highest BCUT2D eigenvalue weighted by Crippen LogP contribution is 2.60. The van der Waals surface area contributed by atoms with Crippen molar-refractivity contribution in [2.75, 3.05) is 33.1 Å². The molecule has 4 heterocycles. The molecular weight excluding hydrogens is 509 g/mol. The summed E-state index contributed by atoms with van der Waals surface area (Å²) in [7, 11) is -2.16. The summed E-state index contributed by atoms with van der Waals surface area (Å²) in [5.41, 5.74) is 0.570. The zero-order valence-corrected chi connectivity index (χ0v) is 20.4. The van der Waals surface area contributed by atoms with E-state index in [-0.39, 0.29) is 13.5 Å². The number of piperidine rings is 1. The molecule has 6 rings (SSSR count). The van der Waals surface area contributed by atoms with E-state index < -0.39 is 61.8 Å². The average molecular weight is 532 g/mol. The van der Waals surface area contributed by atoms with E-state index in [0.717, 1.165) is 5.88 Å². The Morgan fingerprint density at radius 3 is 2.94 bits per heavy atom. The van der Waals surface area contributed by atoms with Gasteiger partial charge in [-0.15, -0.1) is 0 Å². The van der Waals surface area contributed by atoms with Crippen molar-refractivity contribution in [2.45, 2.75) is 30.5 Å². The molecule has 0 radical (unpaired) electrons. The van der Waals surface area contributed by atoms with E-state index in [9.17, 15) is 19.3 Å². The van der Waals surface area contributed by atoms with Crippen molar-refractivity contribution in [3.8, 4) is 0 Å². The number of carbonyl (C=O) groups is 2. The van der Waals surface area contributed by atoms with Crippen LogP contribution in [0.3, 0.4) is 0 Å². The number of amides is 1. The maximum atomic E-state index is 13.3. The number of rotatable bonds is 3. The lowest BCUT2D eigenvalue weighted by Gasteiger charge is -2.44. The van der Waals surface area contributed by atoms with Gasteiger partial charge < -0.3 is 24.8 Å². The lowest BCUT2D eigenvalue weighted by atomic mass is 9.68. The molecule has 4 unspecified atom stereocenters. The van der Waals surface area contributed by atoms with Crippen LogP contribution in [0.5, 0.6) is 0 Å². The Labute approximate surface area is 204 Å². The predicted molar refractivity (Wildman–Crippen MR) is 120 cm³/mol. The third kappa shape index (κ3) is 3.67. The molecule has 0 aromatic rings. The molecule has 0 bridgehead atoms. The number of thioether (sulfide) groups is 1. The quantitative estimate of drug-likeness (QED) is 0.217. The first-order chi connectivity index (χ1) is 16.2. The van der Waals surface area contributed by atoms with Crippen LogP contribution in [0.4, 0.5) is 0 Å².